The van der Waals surface area contributed by atoms with Crippen molar-refractivity contribution in [2.75, 3.05) is 5.32 Å². The molecule has 0 unspecified atom stereocenters. The Morgan fingerprint density at radius 2 is 1.15 bits per heavy atom. The molecule has 2 aliphatic rings. The van der Waals surface area contributed by atoms with Crippen LogP contribution in [0.3, 0.4) is 0 Å². The SMILES string of the molecule is C=C/C=C(\C=C/C)c1ccc(/C=C\C2=C(/C=C/Nc3ccc(-c4ccc(Cc5ccccc5)c(-c5ccccc5C)c4)cc3)c3ccccc3C23c2ccccc2-c2ccccc23)cc1. The van der Waals surface area contributed by atoms with E-state index in [0.29, 0.717) is 0 Å². The van der Waals surface area contributed by atoms with E-state index in [2.05, 4.69) is 256 Å². The zero-order valence-electron chi connectivity index (χ0n) is 37.0. The molecule has 0 radical (unpaired) electrons. The first-order valence-corrected chi connectivity index (χ1v) is 22.6. The van der Waals surface area contributed by atoms with Crippen molar-refractivity contribution in [1.82, 2.24) is 0 Å². The molecule has 0 saturated heterocycles. The topological polar surface area (TPSA) is 12.0 Å². The highest BCUT2D eigenvalue weighted by molar-refractivity contribution is 5.98. The lowest BCUT2D eigenvalue weighted by molar-refractivity contribution is 0.787. The van der Waals surface area contributed by atoms with Crippen molar-refractivity contribution >= 4 is 22.9 Å². The van der Waals surface area contributed by atoms with Crippen LogP contribution in [0.25, 0.3) is 50.6 Å². The molecular weight excluding hydrogens is 783 g/mol. The van der Waals surface area contributed by atoms with Gasteiger partial charge in [0.15, 0.2) is 0 Å². The predicted molar refractivity (Wildman–Crippen MR) is 278 cm³/mol. The third-order valence-corrected chi connectivity index (χ3v) is 13.1. The maximum absolute atomic E-state index is 3.93. The maximum Gasteiger partial charge on any atom is 0.0725 e. The summed E-state index contributed by atoms with van der Waals surface area (Å²) in [5, 5.41) is 3.65. The highest BCUT2D eigenvalue weighted by Gasteiger charge is 2.51. The van der Waals surface area contributed by atoms with Crippen LogP contribution in [0.5, 0.6) is 0 Å². The van der Waals surface area contributed by atoms with E-state index in [9.17, 15) is 0 Å². The van der Waals surface area contributed by atoms with Gasteiger partial charge in [0.05, 0.1) is 5.41 Å². The van der Waals surface area contributed by atoms with Crippen LogP contribution in [-0.4, -0.2) is 0 Å². The van der Waals surface area contributed by atoms with Crippen LogP contribution in [0, 0.1) is 6.92 Å². The van der Waals surface area contributed by atoms with Gasteiger partial charge >= 0.3 is 0 Å². The van der Waals surface area contributed by atoms with Crippen LogP contribution >= 0.6 is 0 Å². The molecule has 10 rings (SSSR count). The summed E-state index contributed by atoms with van der Waals surface area (Å²) in [6.45, 7) is 8.18. The van der Waals surface area contributed by atoms with Gasteiger partial charge in [-0.2, -0.15) is 0 Å². The van der Waals surface area contributed by atoms with E-state index in [1.807, 2.05) is 13.0 Å². The molecule has 0 fully saturated rings. The molecule has 8 aromatic carbocycles. The summed E-state index contributed by atoms with van der Waals surface area (Å²) in [4.78, 5) is 0. The number of fused-ring (bicyclic) bond motifs is 7. The number of rotatable bonds is 12. The minimum atomic E-state index is -0.471. The van der Waals surface area contributed by atoms with Crippen LogP contribution < -0.4 is 5.32 Å². The molecule has 0 aliphatic heterocycles. The number of benzene rings is 8. The number of anilines is 1. The van der Waals surface area contributed by atoms with Gasteiger partial charge in [0, 0.05) is 11.9 Å². The largest absolute Gasteiger partial charge is 0.362 e. The van der Waals surface area contributed by atoms with Crippen molar-refractivity contribution in [1.29, 1.82) is 0 Å². The molecule has 1 nitrogen and oxygen atoms in total. The smallest absolute Gasteiger partial charge is 0.0725 e. The van der Waals surface area contributed by atoms with Gasteiger partial charge < -0.3 is 5.32 Å². The van der Waals surface area contributed by atoms with Crippen molar-refractivity contribution in [3.8, 4) is 33.4 Å². The number of hydrogen-bond acceptors (Lipinski definition) is 1. The Labute approximate surface area is 384 Å². The molecule has 0 bridgehead atoms. The second-order valence-corrected chi connectivity index (χ2v) is 16.9. The summed E-state index contributed by atoms with van der Waals surface area (Å²) < 4.78 is 0. The molecule has 65 heavy (non-hydrogen) atoms. The highest BCUT2D eigenvalue weighted by Crippen LogP contribution is 2.62. The zero-order valence-corrected chi connectivity index (χ0v) is 37.0. The molecule has 0 amide bonds. The first-order valence-electron chi connectivity index (χ1n) is 22.6. The third-order valence-electron chi connectivity index (χ3n) is 13.1. The van der Waals surface area contributed by atoms with E-state index in [4.69, 9.17) is 0 Å². The Bertz CT molecular complexity index is 3160. The lowest BCUT2D eigenvalue weighted by Gasteiger charge is -2.31. The average Bonchev–Trinajstić information content (AvgIpc) is 3.81. The van der Waals surface area contributed by atoms with E-state index >= 15 is 0 Å². The fourth-order valence-corrected chi connectivity index (χ4v) is 10.1. The Morgan fingerprint density at radius 1 is 0.554 bits per heavy atom. The van der Waals surface area contributed by atoms with Crippen LogP contribution in [0.15, 0.2) is 249 Å². The molecule has 2 aliphatic carbocycles. The quantitative estimate of drug-likeness (QED) is 0.121. The van der Waals surface area contributed by atoms with Gasteiger partial charge in [-0.3, -0.25) is 0 Å². The Balaban J connectivity index is 1.01. The Morgan fingerprint density at radius 3 is 1.82 bits per heavy atom. The van der Waals surface area contributed by atoms with Crippen LogP contribution in [0.1, 0.15) is 57.0 Å². The van der Waals surface area contributed by atoms with Gasteiger partial charge in [0.25, 0.3) is 0 Å². The molecule has 8 aromatic rings. The van der Waals surface area contributed by atoms with Gasteiger partial charge in [-0.15, -0.1) is 0 Å². The number of aryl methyl sites for hydroxylation is 1. The summed E-state index contributed by atoms with van der Waals surface area (Å²) in [6.07, 6.45) is 18.0. The molecule has 0 heterocycles. The van der Waals surface area contributed by atoms with E-state index in [0.717, 1.165) is 28.8 Å². The predicted octanol–water partition coefficient (Wildman–Crippen LogP) is 16.5. The minimum Gasteiger partial charge on any atom is -0.362 e. The molecule has 1 heteroatoms. The lowest BCUT2D eigenvalue weighted by Crippen LogP contribution is -2.26. The molecule has 0 aromatic heterocycles. The van der Waals surface area contributed by atoms with Crippen molar-refractivity contribution in [3.05, 3.63) is 299 Å². The average molecular weight is 834 g/mol. The van der Waals surface area contributed by atoms with Crippen molar-refractivity contribution < 1.29 is 0 Å². The van der Waals surface area contributed by atoms with Crippen LogP contribution in [0.4, 0.5) is 5.69 Å². The van der Waals surface area contributed by atoms with Crippen LogP contribution in [-0.2, 0) is 11.8 Å². The van der Waals surface area contributed by atoms with E-state index in [1.165, 1.54) is 83.5 Å². The number of nitrogens with one attached hydrogen (secondary N) is 1. The summed E-state index contributed by atoms with van der Waals surface area (Å²) in [5.74, 6) is 0. The van der Waals surface area contributed by atoms with Crippen LogP contribution in [0.2, 0.25) is 0 Å². The van der Waals surface area contributed by atoms with Gasteiger partial charge in [0.1, 0.15) is 0 Å². The summed E-state index contributed by atoms with van der Waals surface area (Å²) >= 11 is 0. The molecular formula is C64H51N. The van der Waals surface area contributed by atoms with Gasteiger partial charge in [-0.1, -0.05) is 219 Å². The Kier molecular flexibility index (Phi) is 11.4. The molecule has 0 atom stereocenters. The third kappa shape index (κ3) is 7.66. The lowest BCUT2D eigenvalue weighted by atomic mass is 9.69. The second kappa shape index (κ2) is 18.0. The zero-order chi connectivity index (χ0) is 44.2. The molecule has 312 valence electrons. The minimum absolute atomic E-state index is 0.471. The molecule has 0 saturated carbocycles. The van der Waals surface area contributed by atoms with Gasteiger partial charge in [-0.05, 0) is 145 Å². The normalized spacial score (nSPS) is 13.8. The van der Waals surface area contributed by atoms with E-state index < -0.39 is 5.41 Å². The van der Waals surface area contributed by atoms with Crippen molar-refractivity contribution in [2.24, 2.45) is 0 Å². The van der Waals surface area contributed by atoms with E-state index in [1.54, 1.807) is 0 Å². The monoisotopic (exact) mass is 833 g/mol. The molecule has 1 spiro atoms. The van der Waals surface area contributed by atoms with Crippen molar-refractivity contribution in [3.63, 3.8) is 0 Å². The summed E-state index contributed by atoms with van der Waals surface area (Å²) in [5.41, 5.74) is 23.1. The first-order chi connectivity index (χ1) is 32.1. The maximum atomic E-state index is 3.93. The second-order valence-electron chi connectivity index (χ2n) is 16.9. The van der Waals surface area contributed by atoms with Gasteiger partial charge in [-0.25, -0.2) is 0 Å². The fraction of sp³-hybridized carbons (Fsp3) is 0.0625. The van der Waals surface area contributed by atoms with Gasteiger partial charge in [0.2, 0.25) is 0 Å². The Hall–Kier alpha value is -8.00. The number of hydrogen-bond donors (Lipinski definition) is 1. The standard InChI is InChI=1S/C64H51N/c1-4-17-48(18-5-2)49-32-29-46(30-33-49)31-40-63-58(57-25-13-16-28-62(57)64(63)60-26-14-11-23-55(60)56-24-12-15-27-61(56)64)41-42-65-53-38-36-50(37-39-53)51-34-35-52(43-47-20-7-6-8-21-47)59(44-51)54-22-10-9-19-45(54)3/h4-42,44,65H,1,43H2,2-3H3/b18-5-,40-31-,42-41+,48-17+. The summed E-state index contributed by atoms with van der Waals surface area (Å²) in [7, 11) is 0. The van der Waals surface area contributed by atoms with Crippen molar-refractivity contribution in [2.45, 2.75) is 25.7 Å². The first kappa shape index (κ1) is 41.0. The number of allylic oxidation sites excluding steroid dienone is 9. The summed E-state index contributed by atoms with van der Waals surface area (Å²) in [6, 6.07) is 71.0. The fourth-order valence-electron chi connectivity index (χ4n) is 10.1. The highest BCUT2D eigenvalue weighted by atomic mass is 14.8. The molecule has 1 N–H and O–H groups in total. The van der Waals surface area contributed by atoms with E-state index in [-0.39, 0.29) is 0 Å².